The van der Waals surface area contributed by atoms with Crippen LogP contribution < -0.4 is 0 Å². The van der Waals surface area contributed by atoms with Crippen LogP contribution >= 0.6 is 0 Å². The first-order valence-electron chi connectivity index (χ1n) is 8.31. The van der Waals surface area contributed by atoms with Gasteiger partial charge in [-0.15, -0.1) is 6.58 Å². The molecule has 0 unspecified atom stereocenters. The minimum atomic E-state index is -0.347. The van der Waals surface area contributed by atoms with Gasteiger partial charge in [-0.2, -0.15) is 0 Å². The van der Waals surface area contributed by atoms with Crippen LogP contribution in [0.3, 0.4) is 0 Å². The number of hydrogen-bond acceptors (Lipinski definition) is 2. The molecule has 0 aliphatic carbocycles. The van der Waals surface area contributed by atoms with E-state index in [9.17, 15) is 5.11 Å². The molecule has 0 saturated heterocycles. The van der Waals surface area contributed by atoms with E-state index in [-0.39, 0.29) is 12.1 Å². The van der Waals surface area contributed by atoms with E-state index in [0.717, 1.165) is 25.9 Å². The molecule has 0 fully saturated rings. The molecule has 2 nitrogen and oxygen atoms in total. The standard InChI is InChI=1S/C21H27NO/c1-3-4-15-21(23)18(2)22(16-19-11-7-5-8-12-19)17-20-13-9-6-10-14-20/h3,5-14,18,21,23H,1,4,15-17H2,2H3/t18-,21-/m0/s1. The number of rotatable bonds is 9. The Morgan fingerprint density at radius 3 is 1.87 bits per heavy atom. The highest BCUT2D eigenvalue weighted by molar-refractivity contribution is 5.17. The predicted molar refractivity (Wildman–Crippen MR) is 97.0 cm³/mol. The lowest BCUT2D eigenvalue weighted by Gasteiger charge is -2.32. The topological polar surface area (TPSA) is 23.5 Å². The molecule has 0 radical (unpaired) electrons. The van der Waals surface area contributed by atoms with E-state index >= 15 is 0 Å². The number of hydrogen-bond donors (Lipinski definition) is 1. The number of aliphatic hydroxyl groups excluding tert-OH is 1. The van der Waals surface area contributed by atoms with E-state index < -0.39 is 0 Å². The van der Waals surface area contributed by atoms with Gasteiger partial charge in [0.25, 0.3) is 0 Å². The van der Waals surface area contributed by atoms with Crippen molar-refractivity contribution < 1.29 is 5.11 Å². The Kier molecular flexibility index (Phi) is 7.05. The molecule has 23 heavy (non-hydrogen) atoms. The van der Waals surface area contributed by atoms with Crippen molar-refractivity contribution >= 4 is 0 Å². The first kappa shape index (κ1) is 17.5. The minimum absolute atomic E-state index is 0.0929. The Morgan fingerprint density at radius 2 is 1.43 bits per heavy atom. The molecule has 2 heteroatoms. The first-order chi connectivity index (χ1) is 11.2. The highest BCUT2D eigenvalue weighted by Gasteiger charge is 2.21. The summed E-state index contributed by atoms with van der Waals surface area (Å²) < 4.78 is 0. The Bertz CT molecular complexity index is 525. The van der Waals surface area contributed by atoms with Crippen molar-refractivity contribution in [2.45, 2.75) is 45.0 Å². The third-order valence-corrected chi connectivity index (χ3v) is 4.26. The molecular formula is C21H27NO. The highest BCUT2D eigenvalue weighted by atomic mass is 16.3. The first-order valence-corrected chi connectivity index (χ1v) is 8.31. The molecule has 0 heterocycles. The summed E-state index contributed by atoms with van der Waals surface area (Å²) in [5, 5.41) is 10.5. The summed E-state index contributed by atoms with van der Waals surface area (Å²) in [6, 6.07) is 21.0. The van der Waals surface area contributed by atoms with Crippen molar-refractivity contribution in [3.63, 3.8) is 0 Å². The molecule has 0 amide bonds. The molecular weight excluding hydrogens is 282 g/mol. The lowest BCUT2D eigenvalue weighted by Crippen LogP contribution is -2.40. The average Bonchev–Trinajstić information content (AvgIpc) is 2.60. The fourth-order valence-electron chi connectivity index (χ4n) is 2.75. The van der Waals surface area contributed by atoms with Crippen molar-refractivity contribution in [2.75, 3.05) is 0 Å². The number of benzene rings is 2. The minimum Gasteiger partial charge on any atom is -0.391 e. The molecule has 2 aromatic rings. The van der Waals surface area contributed by atoms with Crippen LogP contribution in [0.25, 0.3) is 0 Å². The second-order valence-corrected chi connectivity index (χ2v) is 6.05. The predicted octanol–water partition coefficient (Wildman–Crippen LogP) is 4.40. The molecule has 0 spiro atoms. The van der Waals surface area contributed by atoms with Gasteiger partial charge in [-0.1, -0.05) is 66.7 Å². The second-order valence-electron chi connectivity index (χ2n) is 6.05. The molecule has 0 saturated carbocycles. The van der Waals surface area contributed by atoms with Gasteiger partial charge in [0.1, 0.15) is 0 Å². The van der Waals surface area contributed by atoms with Crippen LogP contribution in [0.15, 0.2) is 73.3 Å². The summed E-state index contributed by atoms with van der Waals surface area (Å²) >= 11 is 0. The summed E-state index contributed by atoms with van der Waals surface area (Å²) in [5.41, 5.74) is 2.54. The van der Waals surface area contributed by atoms with E-state index in [1.807, 2.05) is 18.2 Å². The molecule has 0 aromatic heterocycles. The number of allylic oxidation sites excluding steroid dienone is 1. The van der Waals surface area contributed by atoms with Crippen molar-refractivity contribution in [3.8, 4) is 0 Å². The van der Waals surface area contributed by atoms with Gasteiger partial charge >= 0.3 is 0 Å². The van der Waals surface area contributed by atoms with Gasteiger partial charge in [-0.05, 0) is 30.9 Å². The lowest BCUT2D eigenvalue weighted by molar-refractivity contribution is 0.0444. The number of nitrogens with zero attached hydrogens (tertiary/aromatic N) is 1. The fourth-order valence-corrected chi connectivity index (χ4v) is 2.75. The maximum absolute atomic E-state index is 10.5. The molecule has 122 valence electrons. The Hall–Kier alpha value is -1.90. The van der Waals surface area contributed by atoms with Crippen molar-refractivity contribution in [2.24, 2.45) is 0 Å². The lowest BCUT2D eigenvalue weighted by atomic mass is 10.0. The van der Waals surface area contributed by atoms with Crippen LogP contribution in [-0.4, -0.2) is 22.2 Å². The molecule has 2 rings (SSSR count). The monoisotopic (exact) mass is 309 g/mol. The fraction of sp³-hybridized carbons (Fsp3) is 0.333. The summed E-state index contributed by atoms with van der Waals surface area (Å²) in [7, 11) is 0. The van der Waals surface area contributed by atoms with Gasteiger partial charge in [0.2, 0.25) is 0 Å². The average molecular weight is 309 g/mol. The third-order valence-electron chi connectivity index (χ3n) is 4.26. The Labute approximate surface area is 140 Å². The largest absolute Gasteiger partial charge is 0.391 e. The van der Waals surface area contributed by atoms with Gasteiger partial charge in [0.15, 0.2) is 0 Å². The van der Waals surface area contributed by atoms with Crippen LogP contribution in [0.5, 0.6) is 0 Å². The van der Waals surface area contributed by atoms with Gasteiger partial charge in [0, 0.05) is 19.1 Å². The van der Waals surface area contributed by atoms with Crippen molar-refractivity contribution in [1.29, 1.82) is 0 Å². The molecule has 1 N–H and O–H groups in total. The molecule has 2 aromatic carbocycles. The normalized spacial score (nSPS) is 13.7. The molecule has 0 aliphatic heterocycles. The SMILES string of the molecule is C=CCC[C@H](O)[C@H](C)N(Cc1ccccc1)Cc1ccccc1. The summed E-state index contributed by atoms with van der Waals surface area (Å²) in [4.78, 5) is 2.35. The van der Waals surface area contributed by atoms with Crippen molar-refractivity contribution in [3.05, 3.63) is 84.4 Å². The van der Waals surface area contributed by atoms with Gasteiger partial charge in [-0.25, -0.2) is 0 Å². The van der Waals surface area contributed by atoms with E-state index in [1.165, 1.54) is 11.1 Å². The smallest absolute Gasteiger partial charge is 0.0695 e. The maximum atomic E-state index is 10.5. The zero-order valence-corrected chi connectivity index (χ0v) is 13.9. The van der Waals surface area contributed by atoms with E-state index in [2.05, 4.69) is 66.9 Å². The van der Waals surface area contributed by atoms with Crippen LogP contribution in [0.4, 0.5) is 0 Å². The van der Waals surface area contributed by atoms with Crippen LogP contribution in [0, 0.1) is 0 Å². The number of aliphatic hydroxyl groups is 1. The Morgan fingerprint density at radius 1 is 0.957 bits per heavy atom. The second kappa shape index (κ2) is 9.29. The summed E-state index contributed by atoms with van der Waals surface area (Å²) in [5.74, 6) is 0. The van der Waals surface area contributed by atoms with E-state index in [4.69, 9.17) is 0 Å². The van der Waals surface area contributed by atoms with Gasteiger partial charge in [-0.3, -0.25) is 4.90 Å². The molecule has 0 aliphatic rings. The molecule has 0 bridgehead atoms. The Balaban J connectivity index is 2.11. The van der Waals surface area contributed by atoms with Gasteiger partial charge in [0.05, 0.1) is 6.10 Å². The van der Waals surface area contributed by atoms with E-state index in [0.29, 0.717) is 0 Å². The van der Waals surface area contributed by atoms with Gasteiger partial charge < -0.3 is 5.11 Å². The summed E-state index contributed by atoms with van der Waals surface area (Å²) in [6.07, 6.45) is 3.12. The zero-order chi connectivity index (χ0) is 16.5. The zero-order valence-electron chi connectivity index (χ0n) is 13.9. The van der Waals surface area contributed by atoms with E-state index in [1.54, 1.807) is 0 Å². The maximum Gasteiger partial charge on any atom is 0.0695 e. The van der Waals surface area contributed by atoms with Crippen molar-refractivity contribution in [1.82, 2.24) is 4.90 Å². The third kappa shape index (κ3) is 5.66. The van der Waals surface area contributed by atoms with Crippen LogP contribution in [0.2, 0.25) is 0 Å². The molecule has 2 atom stereocenters. The highest BCUT2D eigenvalue weighted by Crippen LogP contribution is 2.17. The quantitative estimate of drug-likeness (QED) is 0.694. The summed E-state index contributed by atoms with van der Waals surface area (Å²) in [6.45, 7) is 7.53. The van der Waals surface area contributed by atoms with Crippen LogP contribution in [0.1, 0.15) is 30.9 Å². The van der Waals surface area contributed by atoms with Crippen LogP contribution in [-0.2, 0) is 13.1 Å².